The molecule has 0 saturated heterocycles. The molecule has 0 atom stereocenters. The molecule has 2 rings (SSSR count). The number of nitrogens with zero attached hydrogens (tertiary/aromatic N) is 2. The Morgan fingerprint density at radius 1 is 1.35 bits per heavy atom. The van der Waals surface area contributed by atoms with Crippen LogP contribution in [0, 0.1) is 0 Å². The van der Waals surface area contributed by atoms with E-state index >= 15 is 0 Å². The normalized spacial score (nSPS) is 10.5. The van der Waals surface area contributed by atoms with Crippen molar-refractivity contribution in [3.8, 4) is 5.75 Å². The maximum absolute atomic E-state index is 5.72. The van der Waals surface area contributed by atoms with E-state index in [0.29, 0.717) is 12.3 Å². The minimum absolute atomic E-state index is 0.467. The van der Waals surface area contributed by atoms with Gasteiger partial charge in [-0.05, 0) is 44.0 Å². The van der Waals surface area contributed by atoms with Crippen LogP contribution in [-0.2, 0) is 13.7 Å². The summed E-state index contributed by atoms with van der Waals surface area (Å²) in [5.41, 5.74) is 7.41. The fourth-order valence-corrected chi connectivity index (χ4v) is 2.87. The molecule has 0 fully saturated rings. The Morgan fingerprint density at radius 3 is 2.53 bits per heavy atom. The molecule has 2 aromatic rings. The quantitative estimate of drug-likeness (QED) is 0.855. The van der Waals surface area contributed by atoms with Crippen molar-refractivity contribution in [2.75, 3.05) is 5.73 Å². The first-order valence-corrected chi connectivity index (χ1v) is 6.49. The van der Waals surface area contributed by atoms with E-state index in [2.05, 4.69) is 37.0 Å². The van der Waals surface area contributed by atoms with E-state index < -0.39 is 0 Å². The van der Waals surface area contributed by atoms with Gasteiger partial charge in [-0.15, -0.1) is 0 Å². The van der Waals surface area contributed by atoms with Crippen molar-refractivity contribution >= 4 is 37.5 Å². The van der Waals surface area contributed by atoms with Crippen LogP contribution in [0.15, 0.2) is 33.5 Å². The van der Waals surface area contributed by atoms with Gasteiger partial charge in [-0.25, -0.2) is 0 Å². The molecular formula is C11H11Br2N3O. The molecule has 2 N–H and O–H groups in total. The third-order valence-electron chi connectivity index (χ3n) is 2.16. The summed E-state index contributed by atoms with van der Waals surface area (Å²) in [6, 6.07) is 3.62. The fourth-order valence-electron chi connectivity index (χ4n) is 1.42. The first-order chi connectivity index (χ1) is 8.06. The van der Waals surface area contributed by atoms with Crippen LogP contribution >= 0.6 is 31.9 Å². The molecule has 1 aromatic heterocycles. The molecule has 0 saturated carbocycles. The van der Waals surface area contributed by atoms with Crippen molar-refractivity contribution in [2.45, 2.75) is 6.61 Å². The number of aromatic nitrogens is 2. The zero-order valence-electron chi connectivity index (χ0n) is 9.15. The van der Waals surface area contributed by atoms with Gasteiger partial charge >= 0.3 is 0 Å². The number of rotatable bonds is 3. The van der Waals surface area contributed by atoms with Crippen LogP contribution in [0.5, 0.6) is 5.75 Å². The first-order valence-electron chi connectivity index (χ1n) is 4.91. The number of hydrogen-bond acceptors (Lipinski definition) is 3. The minimum Gasteiger partial charge on any atom is -0.486 e. The fraction of sp³-hybridized carbons (Fsp3) is 0.182. The number of anilines is 1. The monoisotopic (exact) mass is 359 g/mol. The predicted octanol–water partition coefficient (Wildman–Crippen LogP) is 3.11. The van der Waals surface area contributed by atoms with E-state index in [4.69, 9.17) is 10.5 Å². The molecule has 0 unspecified atom stereocenters. The summed E-state index contributed by atoms with van der Waals surface area (Å²) < 4.78 is 9.12. The highest BCUT2D eigenvalue weighted by atomic mass is 79.9. The molecular weight excluding hydrogens is 350 g/mol. The maximum atomic E-state index is 5.72. The Morgan fingerprint density at radius 2 is 2.00 bits per heavy atom. The summed E-state index contributed by atoms with van der Waals surface area (Å²) in [7, 11) is 1.87. The van der Waals surface area contributed by atoms with Gasteiger partial charge in [0.1, 0.15) is 12.4 Å². The molecule has 1 aromatic carbocycles. The Labute approximate surface area is 116 Å². The van der Waals surface area contributed by atoms with Gasteiger partial charge < -0.3 is 10.5 Å². The van der Waals surface area contributed by atoms with E-state index in [0.717, 1.165) is 20.3 Å². The zero-order chi connectivity index (χ0) is 12.4. The SMILES string of the molecule is Cn1cc(COc2c(Br)cc(N)cc2Br)cn1. The smallest absolute Gasteiger partial charge is 0.148 e. The first kappa shape index (κ1) is 12.4. The summed E-state index contributed by atoms with van der Waals surface area (Å²) in [6.07, 6.45) is 3.69. The van der Waals surface area contributed by atoms with Crippen LogP contribution < -0.4 is 10.5 Å². The highest BCUT2D eigenvalue weighted by Crippen LogP contribution is 2.36. The zero-order valence-corrected chi connectivity index (χ0v) is 12.3. The predicted molar refractivity (Wildman–Crippen MR) is 73.8 cm³/mol. The molecule has 0 aliphatic carbocycles. The Hall–Kier alpha value is -1.01. The van der Waals surface area contributed by atoms with Crippen LogP contribution in [0.2, 0.25) is 0 Å². The summed E-state index contributed by atoms with van der Waals surface area (Å²) in [5.74, 6) is 0.739. The molecule has 0 aliphatic heterocycles. The highest BCUT2D eigenvalue weighted by molar-refractivity contribution is 9.11. The van der Waals surface area contributed by atoms with Crippen molar-refractivity contribution in [3.05, 3.63) is 39.0 Å². The lowest BCUT2D eigenvalue weighted by Gasteiger charge is -2.10. The molecule has 0 spiro atoms. The number of benzene rings is 1. The second kappa shape index (κ2) is 5.10. The molecule has 17 heavy (non-hydrogen) atoms. The van der Waals surface area contributed by atoms with Crippen molar-refractivity contribution in [1.82, 2.24) is 9.78 Å². The number of nitrogen functional groups attached to an aromatic ring is 1. The maximum Gasteiger partial charge on any atom is 0.148 e. The molecule has 0 radical (unpaired) electrons. The average Bonchev–Trinajstić information content (AvgIpc) is 2.62. The third kappa shape index (κ3) is 3.01. The van der Waals surface area contributed by atoms with E-state index in [1.807, 2.05) is 25.4 Å². The number of nitrogens with two attached hydrogens (primary N) is 1. The summed E-state index contributed by atoms with van der Waals surface area (Å²) in [6.45, 7) is 0.467. The van der Waals surface area contributed by atoms with Gasteiger partial charge in [0.15, 0.2) is 0 Å². The van der Waals surface area contributed by atoms with Crippen LogP contribution in [-0.4, -0.2) is 9.78 Å². The van der Waals surface area contributed by atoms with Crippen molar-refractivity contribution in [1.29, 1.82) is 0 Å². The van der Waals surface area contributed by atoms with Crippen molar-refractivity contribution < 1.29 is 4.74 Å². The Bertz CT molecular complexity index is 516. The van der Waals surface area contributed by atoms with Gasteiger partial charge in [0.2, 0.25) is 0 Å². The molecule has 0 amide bonds. The van der Waals surface area contributed by atoms with Crippen molar-refractivity contribution in [2.24, 2.45) is 7.05 Å². The van der Waals surface area contributed by atoms with E-state index in [-0.39, 0.29) is 0 Å². The van der Waals surface area contributed by atoms with Gasteiger partial charge in [-0.1, -0.05) is 0 Å². The van der Waals surface area contributed by atoms with E-state index in [9.17, 15) is 0 Å². The molecule has 0 aliphatic rings. The third-order valence-corrected chi connectivity index (χ3v) is 3.34. The van der Waals surface area contributed by atoms with Crippen LogP contribution in [0.4, 0.5) is 5.69 Å². The van der Waals surface area contributed by atoms with Gasteiger partial charge in [0.05, 0.1) is 15.1 Å². The van der Waals surface area contributed by atoms with Gasteiger partial charge in [0.25, 0.3) is 0 Å². The number of halogens is 2. The molecule has 90 valence electrons. The minimum atomic E-state index is 0.467. The lowest BCUT2D eigenvalue weighted by atomic mass is 10.3. The van der Waals surface area contributed by atoms with Crippen LogP contribution in [0.3, 0.4) is 0 Å². The Balaban J connectivity index is 2.14. The highest BCUT2D eigenvalue weighted by Gasteiger charge is 2.08. The molecule has 6 heteroatoms. The lowest BCUT2D eigenvalue weighted by molar-refractivity contribution is 0.302. The van der Waals surface area contributed by atoms with Gasteiger partial charge in [-0.2, -0.15) is 5.10 Å². The van der Waals surface area contributed by atoms with Crippen LogP contribution in [0.1, 0.15) is 5.56 Å². The van der Waals surface area contributed by atoms with E-state index in [1.165, 1.54) is 0 Å². The average molecular weight is 361 g/mol. The lowest BCUT2D eigenvalue weighted by Crippen LogP contribution is -1.97. The van der Waals surface area contributed by atoms with Gasteiger partial charge in [-0.3, -0.25) is 4.68 Å². The summed E-state index contributed by atoms with van der Waals surface area (Å²) in [4.78, 5) is 0. The molecule has 4 nitrogen and oxygen atoms in total. The number of aryl methyl sites for hydroxylation is 1. The number of ether oxygens (including phenoxy) is 1. The standard InChI is InChI=1S/C11H11Br2N3O/c1-16-5-7(4-15-16)6-17-11-9(12)2-8(14)3-10(11)13/h2-5H,6,14H2,1H3. The van der Waals surface area contributed by atoms with Crippen molar-refractivity contribution in [3.63, 3.8) is 0 Å². The second-order valence-corrected chi connectivity index (χ2v) is 5.33. The topological polar surface area (TPSA) is 53.1 Å². The second-order valence-electron chi connectivity index (χ2n) is 3.62. The molecule has 1 heterocycles. The van der Waals surface area contributed by atoms with E-state index in [1.54, 1.807) is 10.9 Å². The molecule has 0 bridgehead atoms. The largest absolute Gasteiger partial charge is 0.486 e. The van der Waals surface area contributed by atoms with Crippen LogP contribution in [0.25, 0.3) is 0 Å². The summed E-state index contributed by atoms with van der Waals surface area (Å²) in [5, 5.41) is 4.08. The van der Waals surface area contributed by atoms with Gasteiger partial charge in [0, 0.05) is 24.5 Å². The Kier molecular flexibility index (Phi) is 3.73. The number of hydrogen-bond donors (Lipinski definition) is 1. The summed E-state index contributed by atoms with van der Waals surface area (Å²) >= 11 is 6.84.